The lowest BCUT2D eigenvalue weighted by Crippen LogP contribution is -2.42. The van der Waals surface area contributed by atoms with E-state index in [9.17, 15) is 13.2 Å². The zero-order valence-electron chi connectivity index (χ0n) is 11.9. The summed E-state index contributed by atoms with van der Waals surface area (Å²) in [7, 11) is -3.60. The number of halogens is 1. The van der Waals surface area contributed by atoms with Crippen LogP contribution in [0.3, 0.4) is 0 Å². The SMILES string of the molecule is CCCOC(=O)[C@@H](CCBr)NS(=O)(=O)Cc1ccccc1. The van der Waals surface area contributed by atoms with Crippen molar-refractivity contribution in [3.63, 3.8) is 0 Å². The van der Waals surface area contributed by atoms with Gasteiger partial charge in [0.25, 0.3) is 0 Å². The van der Waals surface area contributed by atoms with Gasteiger partial charge >= 0.3 is 5.97 Å². The lowest BCUT2D eigenvalue weighted by molar-refractivity contribution is -0.145. The number of ether oxygens (including phenoxy) is 1. The first-order valence-electron chi connectivity index (χ1n) is 6.75. The number of carbonyl (C=O) groups excluding carboxylic acids is 1. The minimum Gasteiger partial charge on any atom is -0.465 e. The molecule has 0 unspecified atom stereocenters. The van der Waals surface area contributed by atoms with Crippen LogP contribution < -0.4 is 4.72 Å². The predicted octanol–water partition coefficient (Wildman–Crippen LogP) is 2.21. The maximum Gasteiger partial charge on any atom is 0.324 e. The minimum absolute atomic E-state index is 0.159. The van der Waals surface area contributed by atoms with Crippen LogP contribution in [0.2, 0.25) is 0 Å². The summed E-state index contributed by atoms with van der Waals surface area (Å²) in [4.78, 5) is 11.9. The molecule has 0 aliphatic carbocycles. The Hall–Kier alpha value is -0.920. The number of sulfonamides is 1. The van der Waals surface area contributed by atoms with E-state index >= 15 is 0 Å². The van der Waals surface area contributed by atoms with E-state index in [1.54, 1.807) is 24.3 Å². The number of benzene rings is 1. The van der Waals surface area contributed by atoms with Crippen molar-refractivity contribution in [2.45, 2.75) is 31.6 Å². The van der Waals surface area contributed by atoms with Gasteiger partial charge in [-0.25, -0.2) is 13.1 Å². The fraction of sp³-hybridized carbons (Fsp3) is 0.500. The third-order valence-corrected chi connectivity index (χ3v) is 4.47. The molecule has 0 aromatic heterocycles. The Balaban J connectivity index is 2.70. The second-order valence-electron chi connectivity index (χ2n) is 4.56. The van der Waals surface area contributed by atoms with Crippen LogP contribution in [0.25, 0.3) is 0 Å². The molecule has 0 fully saturated rings. The fourth-order valence-electron chi connectivity index (χ4n) is 1.69. The maximum atomic E-state index is 12.1. The van der Waals surface area contributed by atoms with Crippen LogP contribution in [0.1, 0.15) is 25.3 Å². The van der Waals surface area contributed by atoms with Crippen molar-refractivity contribution in [2.24, 2.45) is 0 Å². The summed E-state index contributed by atoms with van der Waals surface area (Å²) >= 11 is 3.22. The highest BCUT2D eigenvalue weighted by Crippen LogP contribution is 2.08. The number of alkyl halides is 1. The molecule has 1 N–H and O–H groups in total. The lowest BCUT2D eigenvalue weighted by Gasteiger charge is -2.16. The summed E-state index contributed by atoms with van der Waals surface area (Å²) in [6.07, 6.45) is 1.04. The number of carbonyl (C=O) groups is 1. The van der Waals surface area contributed by atoms with Crippen LogP contribution in [0.5, 0.6) is 0 Å². The molecular formula is C14H20BrNO4S. The maximum absolute atomic E-state index is 12.1. The Bertz CT molecular complexity index is 533. The largest absolute Gasteiger partial charge is 0.465 e. The first-order chi connectivity index (χ1) is 9.98. The van der Waals surface area contributed by atoms with Gasteiger partial charge in [0.05, 0.1) is 12.4 Å². The average molecular weight is 378 g/mol. The third-order valence-electron chi connectivity index (χ3n) is 2.65. The molecule has 1 atom stereocenters. The Morgan fingerprint density at radius 1 is 1.33 bits per heavy atom. The minimum atomic E-state index is -3.60. The quantitative estimate of drug-likeness (QED) is 0.528. The molecular weight excluding hydrogens is 358 g/mol. The van der Waals surface area contributed by atoms with Crippen molar-refractivity contribution in [3.05, 3.63) is 35.9 Å². The summed E-state index contributed by atoms with van der Waals surface area (Å²) < 4.78 is 31.7. The van der Waals surface area contributed by atoms with Gasteiger partial charge in [-0.15, -0.1) is 0 Å². The molecule has 0 heterocycles. The zero-order valence-corrected chi connectivity index (χ0v) is 14.3. The second-order valence-corrected chi connectivity index (χ2v) is 7.11. The van der Waals surface area contributed by atoms with Crippen LogP contribution in [-0.2, 0) is 25.3 Å². The Kier molecular flexibility index (Phi) is 7.92. The molecule has 1 aromatic rings. The average Bonchev–Trinajstić information content (AvgIpc) is 2.44. The van der Waals surface area contributed by atoms with Crippen LogP contribution in [-0.4, -0.2) is 32.4 Å². The molecule has 5 nitrogen and oxygen atoms in total. The van der Waals surface area contributed by atoms with Crippen molar-refractivity contribution in [1.29, 1.82) is 0 Å². The topological polar surface area (TPSA) is 72.5 Å². The van der Waals surface area contributed by atoms with Crippen molar-refractivity contribution in [2.75, 3.05) is 11.9 Å². The molecule has 118 valence electrons. The monoisotopic (exact) mass is 377 g/mol. The highest BCUT2D eigenvalue weighted by Gasteiger charge is 2.25. The molecule has 1 aromatic carbocycles. The highest BCUT2D eigenvalue weighted by molar-refractivity contribution is 9.09. The van der Waals surface area contributed by atoms with Crippen molar-refractivity contribution in [3.8, 4) is 0 Å². The summed E-state index contributed by atoms with van der Waals surface area (Å²) in [5, 5.41) is 0.507. The highest BCUT2D eigenvalue weighted by atomic mass is 79.9. The second kappa shape index (κ2) is 9.17. The van der Waals surface area contributed by atoms with E-state index in [4.69, 9.17) is 4.74 Å². The molecule has 0 saturated heterocycles. The molecule has 7 heteroatoms. The van der Waals surface area contributed by atoms with E-state index in [0.717, 1.165) is 0 Å². The summed E-state index contributed by atoms with van der Waals surface area (Å²) in [5.74, 6) is -0.693. The van der Waals surface area contributed by atoms with Crippen LogP contribution in [0.15, 0.2) is 30.3 Å². The molecule has 1 rings (SSSR count). The van der Waals surface area contributed by atoms with Gasteiger partial charge in [0.15, 0.2) is 0 Å². The molecule has 0 saturated carbocycles. The number of hydrogen-bond acceptors (Lipinski definition) is 4. The molecule has 0 spiro atoms. The lowest BCUT2D eigenvalue weighted by atomic mass is 10.2. The van der Waals surface area contributed by atoms with Gasteiger partial charge in [0.2, 0.25) is 10.0 Å². The standard InChI is InChI=1S/C14H20BrNO4S/c1-2-10-20-14(17)13(8-9-15)16-21(18,19)11-12-6-4-3-5-7-12/h3-7,13,16H,2,8-11H2,1H3/t13-/m1/s1. The van der Waals surface area contributed by atoms with Gasteiger partial charge in [0.1, 0.15) is 6.04 Å². The number of esters is 1. The summed E-state index contributed by atoms with van der Waals surface area (Å²) in [6.45, 7) is 2.17. The van der Waals surface area contributed by atoms with Gasteiger partial charge < -0.3 is 4.74 Å². The molecule has 0 amide bonds. The van der Waals surface area contributed by atoms with Crippen molar-refractivity contribution in [1.82, 2.24) is 4.72 Å². The first-order valence-corrected chi connectivity index (χ1v) is 9.52. The molecule has 0 radical (unpaired) electrons. The Labute approximate surface area is 134 Å². The fourth-order valence-corrected chi connectivity index (χ4v) is 3.51. The van der Waals surface area contributed by atoms with Gasteiger partial charge in [-0.3, -0.25) is 4.79 Å². The molecule has 21 heavy (non-hydrogen) atoms. The van der Waals surface area contributed by atoms with E-state index in [-0.39, 0.29) is 12.4 Å². The summed E-state index contributed by atoms with van der Waals surface area (Å²) in [5.41, 5.74) is 0.671. The third kappa shape index (κ3) is 7.06. The van der Waals surface area contributed by atoms with Gasteiger partial charge in [-0.2, -0.15) is 0 Å². The Morgan fingerprint density at radius 3 is 2.57 bits per heavy atom. The normalized spacial score (nSPS) is 12.9. The Morgan fingerprint density at radius 2 is 2.00 bits per heavy atom. The predicted molar refractivity (Wildman–Crippen MR) is 85.7 cm³/mol. The first kappa shape index (κ1) is 18.1. The van der Waals surface area contributed by atoms with Gasteiger partial charge in [-0.05, 0) is 18.4 Å². The van der Waals surface area contributed by atoms with Crippen molar-refractivity contribution < 1.29 is 17.9 Å². The number of hydrogen-bond donors (Lipinski definition) is 1. The van der Waals surface area contributed by atoms with Crippen LogP contribution in [0, 0.1) is 0 Å². The van der Waals surface area contributed by atoms with E-state index in [1.807, 2.05) is 13.0 Å². The zero-order chi connectivity index (χ0) is 15.7. The number of rotatable bonds is 9. The smallest absolute Gasteiger partial charge is 0.324 e. The van der Waals surface area contributed by atoms with E-state index < -0.39 is 22.0 Å². The number of nitrogens with one attached hydrogen (secondary N) is 1. The van der Waals surface area contributed by atoms with E-state index in [2.05, 4.69) is 20.7 Å². The molecule has 0 bridgehead atoms. The van der Waals surface area contributed by atoms with E-state index in [0.29, 0.717) is 23.7 Å². The summed E-state index contributed by atoms with van der Waals surface area (Å²) in [6, 6.07) is 7.97. The van der Waals surface area contributed by atoms with E-state index in [1.165, 1.54) is 0 Å². The van der Waals surface area contributed by atoms with Crippen molar-refractivity contribution >= 4 is 31.9 Å². The van der Waals surface area contributed by atoms with Crippen LogP contribution >= 0.6 is 15.9 Å². The molecule has 0 aliphatic heterocycles. The van der Waals surface area contributed by atoms with Gasteiger partial charge in [0, 0.05) is 5.33 Å². The van der Waals surface area contributed by atoms with Crippen LogP contribution in [0.4, 0.5) is 0 Å². The van der Waals surface area contributed by atoms with Gasteiger partial charge in [-0.1, -0.05) is 53.2 Å². The molecule has 0 aliphatic rings.